The molecule has 1 aromatic rings. The number of carboxylic acid groups (broad SMARTS) is 1. The van der Waals surface area contributed by atoms with E-state index in [9.17, 15) is 9.35 Å². The zero-order chi connectivity index (χ0) is 16.1. The lowest BCUT2D eigenvalue weighted by atomic mass is 9.74. The molecule has 0 aromatic heterocycles. The molecule has 2 aliphatic rings. The van der Waals surface area contributed by atoms with Crippen molar-refractivity contribution < 1.29 is 14.5 Å². The molecule has 5 nitrogen and oxygen atoms in total. The van der Waals surface area contributed by atoms with Crippen LogP contribution >= 0.6 is 0 Å². The summed E-state index contributed by atoms with van der Waals surface area (Å²) in [4.78, 5) is 12.6. The van der Waals surface area contributed by atoms with Crippen LogP contribution in [-0.4, -0.2) is 38.5 Å². The van der Waals surface area contributed by atoms with Gasteiger partial charge < -0.3 is 14.6 Å². The Morgan fingerprint density at radius 1 is 1.41 bits per heavy atom. The second kappa shape index (κ2) is 5.15. The summed E-state index contributed by atoms with van der Waals surface area (Å²) in [7, 11) is 0. The highest BCUT2D eigenvalue weighted by molar-refractivity contribution is 7.90. The number of fused-ring (bicyclic) bond motifs is 1. The molecule has 22 heavy (non-hydrogen) atoms. The minimum Gasteiger partial charge on any atom is -0.598 e. The third kappa shape index (κ3) is 2.49. The maximum atomic E-state index is 12.5. The molecule has 1 aliphatic carbocycles. The van der Waals surface area contributed by atoms with Crippen molar-refractivity contribution in [3.05, 3.63) is 35.4 Å². The molecule has 0 saturated carbocycles. The Hall–Kier alpha value is -1.24. The Morgan fingerprint density at radius 2 is 2.05 bits per heavy atom. The van der Waals surface area contributed by atoms with E-state index in [1.165, 1.54) is 10.5 Å². The van der Waals surface area contributed by atoms with Gasteiger partial charge in [0.2, 0.25) is 0 Å². The molecule has 0 radical (unpaired) electrons. The SMILES string of the molecule is CC(C)(C)[S+]([O-])N[C@H]1c2ccccc2CC12CN(C(=O)O)C2. The zero-order valence-electron chi connectivity index (χ0n) is 13.1. The van der Waals surface area contributed by atoms with Crippen LogP contribution < -0.4 is 4.72 Å². The molecule has 1 spiro atoms. The second-order valence-corrected chi connectivity index (χ2v) is 9.31. The number of benzene rings is 1. The Morgan fingerprint density at radius 3 is 2.64 bits per heavy atom. The monoisotopic (exact) mass is 322 g/mol. The lowest BCUT2D eigenvalue weighted by Crippen LogP contribution is -2.63. The van der Waals surface area contributed by atoms with Crippen LogP contribution in [0.5, 0.6) is 0 Å². The van der Waals surface area contributed by atoms with Gasteiger partial charge in [0.05, 0.1) is 6.04 Å². The number of hydrogen-bond acceptors (Lipinski definition) is 3. The van der Waals surface area contributed by atoms with E-state index in [0.29, 0.717) is 13.1 Å². The van der Waals surface area contributed by atoms with Crippen LogP contribution in [0.25, 0.3) is 0 Å². The van der Waals surface area contributed by atoms with Gasteiger partial charge in [0, 0.05) is 29.9 Å². The van der Waals surface area contributed by atoms with Crippen LogP contribution in [0.3, 0.4) is 0 Å². The minimum atomic E-state index is -1.19. The van der Waals surface area contributed by atoms with E-state index in [0.717, 1.165) is 12.0 Å². The molecule has 1 fully saturated rings. The summed E-state index contributed by atoms with van der Waals surface area (Å²) < 4.78 is 15.5. The predicted molar refractivity (Wildman–Crippen MR) is 85.9 cm³/mol. The maximum Gasteiger partial charge on any atom is 0.407 e. The first kappa shape index (κ1) is 15.6. The highest BCUT2D eigenvalue weighted by atomic mass is 32.2. The molecule has 0 bridgehead atoms. The second-order valence-electron chi connectivity index (χ2n) is 7.31. The summed E-state index contributed by atoms with van der Waals surface area (Å²) >= 11 is -1.19. The summed E-state index contributed by atoms with van der Waals surface area (Å²) in [5.74, 6) is 0. The summed E-state index contributed by atoms with van der Waals surface area (Å²) in [6.07, 6.45) is -0.0383. The van der Waals surface area contributed by atoms with Crippen molar-refractivity contribution in [1.82, 2.24) is 9.62 Å². The van der Waals surface area contributed by atoms with Crippen LogP contribution in [0.4, 0.5) is 4.79 Å². The van der Waals surface area contributed by atoms with Gasteiger partial charge in [-0.15, -0.1) is 4.72 Å². The number of nitrogens with zero attached hydrogens (tertiary/aromatic N) is 1. The molecule has 2 N–H and O–H groups in total. The van der Waals surface area contributed by atoms with Gasteiger partial charge in [0.25, 0.3) is 0 Å². The van der Waals surface area contributed by atoms with Gasteiger partial charge in [-0.1, -0.05) is 24.3 Å². The first-order chi connectivity index (χ1) is 10.2. The van der Waals surface area contributed by atoms with Crippen molar-refractivity contribution in [2.24, 2.45) is 5.41 Å². The highest BCUT2D eigenvalue weighted by Gasteiger charge is 2.57. The number of amides is 1. The van der Waals surface area contributed by atoms with Crippen molar-refractivity contribution in [3.8, 4) is 0 Å². The molecular weight excluding hydrogens is 300 g/mol. The van der Waals surface area contributed by atoms with Gasteiger partial charge in [-0.3, -0.25) is 0 Å². The number of carbonyl (C=O) groups is 1. The number of rotatable bonds is 2. The van der Waals surface area contributed by atoms with Crippen molar-refractivity contribution in [2.75, 3.05) is 13.1 Å². The van der Waals surface area contributed by atoms with E-state index < -0.39 is 17.5 Å². The minimum absolute atomic E-state index is 0.0561. The third-order valence-electron chi connectivity index (χ3n) is 4.58. The Kier molecular flexibility index (Phi) is 3.66. The Bertz CT molecular complexity index is 593. The average Bonchev–Trinajstić information content (AvgIpc) is 2.70. The van der Waals surface area contributed by atoms with Gasteiger partial charge in [0.1, 0.15) is 4.75 Å². The molecular formula is C16H22N2O3S. The van der Waals surface area contributed by atoms with Crippen molar-refractivity contribution in [3.63, 3.8) is 0 Å². The fraction of sp³-hybridized carbons (Fsp3) is 0.562. The van der Waals surface area contributed by atoms with Crippen molar-refractivity contribution in [1.29, 1.82) is 0 Å². The number of nitrogens with one attached hydrogen (secondary N) is 1. The molecule has 120 valence electrons. The molecule has 1 heterocycles. The summed E-state index contributed by atoms with van der Waals surface area (Å²) in [6.45, 7) is 6.81. The molecule has 1 saturated heterocycles. The van der Waals surface area contributed by atoms with E-state index >= 15 is 0 Å². The van der Waals surface area contributed by atoms with E-state index in [-0.39, 0.29) is 16.2 Å². The molecule has 6 heteroatoms. The number of likely N-dealkylation sites (tertiary alicyclic amines) is 1. The van der Waals surface area contributed by atoms with Crippen LogP contribution in [-0.2, 0) is 17.8 Å². The fourth-order valence-electron chi connectivity index (χ4n) is 3.40. The Balaban J connectivity index is 1.87. The Labute approximate surface area is 134 Å². The van der Waals surface area contributed by atoms with E-state index in [1.807, 2.05) is 32.9 Å². The van der Waals surface area contributed by atoms with Crippen LogP contribution in [0.2, 0.25) is 0 Å². The molecule has 1 aromatic carbocycles. The van der Waals surface area contributed by atoms with E-state index in [1.54, 1.807) is 0 Å². The molecule has 3 rings (SSSR count). The quantitative estimate of drug-likeness (QED) is 0.819. The molecule has 1 unspecified atom stereocenters. The fourth-order valence-corrected chi connectivity index (χ4v) is 4.35. The first-order valence-electron chi connectivity index (χ1n) is 7.47. The molecule has 2 atom stereocenters. The normalized spacial score (nSPS) is 24.0. The van der Waals surface area contributed by atoms with Gasteiger partial charge in [-0.2, -0.15) is 0 Å². The standard InChI is InChI=1S/C16H22N2O3S/c1-15(2,3)22(21)17-13-12-7-5-4-6-11(12)8-16(13)9-18(10-16)14(19)20/h4-7,13,17H,8-10H2,1-3H3,(H,19,20)/t13-,22?/m0/s1. The van der Waals surface area contributed by atoms with E-state index in [2.05, 4.69) is 16.9 Å². The highest BCUT2D eigenvalue weighted by Crippen LogP contribution is 2.51. The summed E-state index contributed by atoms with van der Waals surface area (Å²) in [5.41, 5.74) is 2.23. The molecule has 1 aliphatic heterocycles. The van der Waals surface area contributed by atoms with Crippen molar-refractivity contribution >= 4 is 17.5 Å². The summed E-state index contributed by atoms with van der Waals surface area (Å²) in [5, 5.41) is 9.14. The zero-order valence-corrected chi connectivity index (χ0v) is 13.9. The topological polar surface area (TPSA) is 75.6 Å². The lowest BCUT2D eigenvalue weighted by Gasteiger charge is -2.50. The van der Waals surface area contributed by atoms with Gasteiger partial charge in [-0.25, -0.2) is 4.79 Å². The average molecular weight is 322 g/mol. The van der Waals surface area contributed by atoms with Crippen LogP contribution in [0, 0.1) is 5.41 Å². The smallest absolute Gasteiger partial charge is 0.407 e. The van der Waals surface area contributed by atoms with Crippen LogP contribution in [0.1, 0.15) is 37.9 Å². The lowest BCUT2D eigenvalue weighted by molar-refractivity contribution is -0.00380. The largest absolute Gasteiger partial charge is 0.598 e. The first-order valence-corrected chi connectivity index (χ1v) is 8.62. The van der Waals surface area contributed by atoms with E-state index in [4.69, 9.17) is 5.11 Å². The van der Waals surface area contributed by atoms with Gasteiger partial charge >= 0.3 is 6.09 Å². The molecule has 1 amide bonds. The van der Waals surface area contributed by atoms with Gasteiger partial charge in [0.15, 0.2) is 0 Å². The van der Waals surface area contributed by atoms with Gasteiger partial charge in [-0.05, 0) is 38.3 Å². The number of hydrogen-bond donors (Lipinski definition) is 2. The predicted octanol–water partition coefficient (Wildman–Crippen LogP) is 2.32. The maximum absolute atomic E-state index is 12.5. The third-order valence-corrected chi connectivity index (χ3v) is 6.15. The van der Waals surface area contributed by atoms with Crippen LogP contribution in [0.15, 0.2) is 24.3 Å². The van der Waals surface area contributed by atoms with Crippen molar-refractivity contribution in [2.45, 2.75) is 38.0 Å². The summed E-state index contributed by atoms with van der Waals surface area (Å²) in [6, 6.07) is 8.08.